The van der Waals surface area contributed by atoms with Crippen molar-refractivity contribution in [1.29, 1.82) is 0 Å². The third kappa shape index (κ3) is 4.98. The van der Waals surface area contributed by atoms with E-state index < -0.39 is 0 Å². The monoisotopic (exact) mass is 314 g/mol. The van der Waals surface area contributed by atoms with E-state index in [1.807, 2.05) is 26.8 Å². The molecule has 3 heteroatoms. The van der Waals surface area contributed by atoms with Crippen LogP contribution in [0.1, 0.15) is 57.2 Å². The molecule has 0 aliphatic rings. The zero-order valence-electron chi connectivity index (χ0n) is 15.3. The van der Waals surface area contributed by atoms with E-state index in [1.54, 1.807) is 7.05 Å². The van der Waals surface area contributed by atoms with Crippen molar-refractivity contribution in [3.63, 3.8) is 0 Å². The van der Waals surface area contributed by atoms with Gasteiger partial charge in [-0.1, -0.05) is 37.6 Å². The number of aliphatic hydroxyl groups is 1. The zero-order chi connectivity index (χ0) is 17.4. The van der Waals surface area contributed by atoms with Crippen LogP contribution in [0.15, 0.2) is 40.7 Å². The quantitative estimate of drug-likeness (QED) is 0.316. The Balaban J connectivity index is 3.25. The van der Waals surface area contributed by atoms with Crippen LogP contribution < -0.4 is 5.43 Å². The van der Waals surface area contributed by atoms with Crippen LogP contribution in [-0.4, -0.2) is 17.9 Å². The van der Waals surface area contributed by atoms with Crippen LogP contribution >= 0.6 is 0 Å². The summed E-state index contributed by atoms with van der Waals surface area (Å²) >= 11 is 0. The van der Waals surface area contributed by atoms with Crippen LogP contribution in [0.25, 0.3) is 5.57 Å². The molecule has 0 radical (unpaired) electrons. The van der Waals surface area contributed by atoms with Gasteiger partial charge >= 0.3 is 0 Å². The predicted molar refractivity (Wildman–Crippen MR) is 101 cm³/mol. The van der Waals surface area contributed by atoms with Crippen molar-refractivity contribution in [1.82, 2.24) is 5.43 Å². The number of hydrogen-bond donors (Lipinski definition) is 2. The van der Waals surface area contributed by atoms with Crippen molar-refractivity contribution in [3.8, 4) is 0 Å². The van der Waals surface area contributed by atoms with Crippen LogP contribution in [0.4, 0.5) is 0 Å². The molecule has 1 aromatic rings. The second-order valence-corrected chi connectivity index (χ2v) is 5.84. The van der Waals surface area contributed by atoms with Crippen molar-refractivity contribution in [3.05, 3.63) is 52.3 Å². The second kappa shape index (κ2) is 9.19. The van der Waals surface area contributed by atoms with Crippen molar-refractivity contribution in [2.45, 2.75) is 53.9 Å². The number of rotatable bonds is 7. The Kier molecular flexibility index (Phi) is 7.60. The van der Waals surface area contributed by atoms with Crippen LogP contribution in [0, 0.1) is 6.92 Å². The summed E-state index contributed by atoms with van der Waals surface area (Å²) in [5.41, 5.74) is 8.91. The van der Waals surface area contributed by atoms with Crippen LogP contribution in [0.3, 0.4) is 0 Å². The molecular formula is C20H30N2O. The summed E-state index contributed by atoms with van der Waals surface area (Å²) in [6.07, 6.45) is 5.35. The lowest BCUT2D eigenvalue weighted by atomic mass is 9.95. The minimum atomic E-state index is 0.286. The third-order valence-corrected chi connectivity index (χ3v) is 4.15. The zero-order valence-corrected chi connectivity index (χ0v) is 15.3. The fourth-order valence-electron chi connectivity index (χ4n) is 2.62. The van der Waals surface area contributed by atoms with Crippen molar-refractivity contribution >= 4 is 11.3 Å². The summed E-state index contributed by atoms with van der Waals surface area (Å²) in [6.45, 7) is 10.1. The smallest absolute Gasteiger partial charge is 0.127 e. The molecule has 0 atom stereocenters. The molecule has 0 bridgehead atoms. The summed E-state index contributed by atoms with van der Waals surface area (Å²) in [5, 5.41) is 14.8. The maximum absolute atomic E-state index is 10.7. The molecule has 0 spiro atoms. The van der Waals surface area contributed by atoms with Gasteiger partial charge in [-0.15, -0.1) is 0 Å². The second-order valence-electron chi connectivity index (χ2n) is 5.84. The summed E-state index contributed by atoms with van der Waals surface area (Å²) in [4.78, 5) is 0. The Morgan fingerprint density at radius 2 is 2.00 bits per heavy atom. The van der Waals surface area contributed by atoms with Gasteiger partial charge in [-0.25, -0.2) is 0 Å². The molecule has 126 valence electrons. The minimum Gasteiger partial charge on any atom is -0.507 e. The summed E-state index contributed by atoms with van der Waals surface area (Å²) in [5.74, 6) is 0.286. The molecule has 0 aromatic heterocycles. The molecule has 3 nitrogen and oxygen atoms in total. The fraction of sp³-hybridized carbons (Fsp3) is 0.450. The van der Waals surface area contributed by atoms with Gasteiger partial charge in [-0.2, -0.15) is 5.10 Å². The van der Waals surface area contributed by atoms with E-state index in [0.29, 0.717) is 0 Å². The molecule has 0 saturated carbocycles. The van der Waals surface area contributed by atoms with E-state index in [1.165, 1.54) is 24.0 Å². The topological polar surface area (TPSA) is 44.6 Å². The number of benzene rings is 1. The molecule has 0 amide bonds. The summed E-state index contributed by atoms with van der Waals surface area (Å²) in [7, 11) is 1.75. The average molecular weight is 314 g/mol. The van der Waals surface area contributed by atoms with Gasteiger partial charge in [0.05, 0.1) is 5.71 Å². The van der Waals surface area contributed by atoms with E-state index in [4.69, 9.17) is 0 Å². The summed E-state index contributed by atoms with van der Waals surface area (Å²) in [6, 6.07) is 6.42. The largest absolute Gasteiger partial charge is 0.507 e. The Hall–Kier alpha value is -2.03. The number of hydrazone groups is 1. The first-order chi connectivity index (χ1) is 11.0. The Morgan fingerprint density at radius 1 is 1.30 bits per heavy atom. The highest BCUT2D eigenvalue weighted by molar-refractivity contribution is 6.03. The highest BCUT2D eigenvalue weighted by atomic mass is 16.3. The molecule has 1 aromatic carbocycles. The van der Waals surface area contributed by atoms with E-state index in [2.05, 4.69) is 42.6 Å². The lowest BCUT2D eigenvalue weighted by molar-refractivity contribution is 0.430. The van der Waals surface area contributed by atoms with E-state index >= 15 is 0 Å². The van der Waals surface area contributed by atoms with Gasteiger partial charge in [0.15, 0.2) is 0 Å². The first-order valence-electron chi connectivity index (χ1n) is 8.34. The molecule has 23 heavy (non-hydrogen) atoms. The van der Waals surface area contributed by atoms with Gasteiger partial charge in [-0.3, -0.25) is 0 Å². The van der Waals surface area contributed by atoms with E-state index in [9.17, 15) is 5.11 Å². The van der Waals surface area contributed by atoms with Crippen LogP contribution in [0.2, 0.25) is 0 Å². The van der Waals surface area contributed by atoms with Crippen molar-refractivity contribution < 1.29 is 5.11 Å². The molecular weight excluding hydrogens is 284 g/mol. The van der Waals surface area contributed by atoms with Gasteiger partial charge in [0.1, 0.15) is 5.76 Å². The maximum atomic E-state index is 10.7. The van der Waals surface area contributed by atoms with Gasteiger partial charge in [0, 0.05) is 12.6 Å². The first-order valence-corrected chi connectivity index (χ1v) is 8.34. The van der Waals surface area contributed by atoms with Crippen molar-refractivity contribution in [2.75, 3.05) is 7.05 Å². The predicted octanol–water partition coefficient (Wildman–Crippen LogP) is 5.17. The number of nitrogens with zero attached hydrogens (tertiary/aromatic N) is 1. The molecule has 0 fully saturated rings. The first kappa shape index (κ1) is 19.0. The molecule has 0 unspecified atom stereocenters. The standard InChI is InChI=1S/C20H30N2O/c1-7-9-10-17-13-18(12-11-14(17)3)15(4)20(23)19(8-2)16(5)22-21-6/h8,11-13,21,23H,7,9-10H2,1-6H3/b19-8-,20-15-,22-16+. The molecule has 0 heterocycles. The van der Waals surface area contributed by atoms with Gasteiger partial charge in [-0.05, 0) is 62.8 Å². The van der Waals surface area contributed by atoms with E-state index in [0.717, 1.165) is 28.8 Å². The number of aryl methyl sites for hydroxylation is 2. The molecule has 0 aliphatic heterocycles. The van der Waals surface area contributed by atoms with Gasteiger partial charge in [0.25, 0.3) is 0 Å². The van der Waals surface area contributed by atoms with E-state index in [-0.39, 0.29) is 5.76 Å². The molecule has 1 rings (SSSR count). The molecule has 0 saturated heterocycles. The van der Waals surface area contributed by atoms with Crippen LogP contribution in [0.5, 0.6) is 0 Å². The normalized spacial score (nSPS) is 13.8. The Labute approximate surface area is 140 Å². The average Bonchev–Trinajstić information content (AvgIpc) is 2.54. The fourth-order valence-corrected chi connectivity index (χ4v) is 2.62. The SMILES string of the molecule is C/C=C(C(\O)=C(/C)c1ccc(C)c(CCCC)c1)/C(C)=N/NC. The lowest BCUT2D eigenvalue weighted by Crippen LogP contribution is -2.07. The van der Waals surface area contributed by atoms with Gasteiger partial charge < -0.3 is 10.5 Å². The maximum Gasteiger partial charge on any atom is 0.127 e. The third-order valence-electron chi connectivity index (χ3n) is 4.15. The lowest BCUT2D eigenvalue weighted by Gasteiger charge is -2.13. The van der Waals surface area contributed by atoms with Crippen molar-refractivity contribution in [2.24, 2.45) is 5.10 Å². The highest BCUT2D eigenvalue weighted by Gasteiger charge is 2.12. The molecule has 2 N–H and O–H groups in total. The Bertz CT molecular complexity index is 625. The number of aliphatic hydroxyl groups excluding tert-OH is 1. The van der Waals surface area contributed by atoms with Crippen LogP contribution in [-0.2, 0) is 6.42 Å². The Morgan fingerprint density at radius 3 is 2.57 bits per heavy atom. The van der Waals surface area contributed by atoms with Gasteiger partial charge in [0.2, 0.25) is 0 Å². The highest BCUT2D eigenvalue weighted by Crippen LogP contribution is 2.25. The number of unbranched alkanes of at least 4 members (excludes halogenated alkanes) is 1. The number of hydrogen-bond acceptors (Lipinski definition) is 3. The number of allylic oxidation sites excluding steroid dienone is 3. The molecule has 0 aliphatic carbocycles. The number of nitrogens with one attached hydrogen (secondary N) is 1. The summed E-state index contributed by atoms with van der Waals surface area (Å²) < 4.78 is 0. The minimum absolute atomic E-state index is 0.286.